The molecule has 0 bridgehead atoms. The SMILES string of the molecule is CNC(=O)C(C)NCc1ccc(Br)cc1Cl. The lowest BCUT2D eigenvalue weighted by atomic mass is 10.2. The van der Waals surface area contributed by atoms with Crippen molar-refractivity contribution in [2.75, 3.05) is 7.05 Å². The van der Waals surface area contributed by atoms with Crippen LogP contribution in [0.2, 0.25) is 5.02 Å². The molecule has 88 valence electrons. The van der Waals surface area contributed by atoms with Crippen LogP contribution in [0.5, 0.6) is 0 Å². The minimum absolute atomic E-state index is 0.0340. The van der Waals surface area contributed by atoms with Gasteiger partial charge in [-0.2, -0.15) is 0 Å². The first-order valence-corrected chi connectivity index (χ1v) is 6.10. The van der Waals surface area contributed by atoms with Gasteiger partial charge in [0.05, 0.1) is 6.04 Å². The van der Waals surface area contributed by atoms with E-state index in [1.807, 2.05) is 25.1 Å². The Bertz CT molecular complexity index is 384. The molecule has 0 aliphatic rings. The second-order valence-electron chi connectivity index (χ2n) is 3.45. The van der Waals surface area contributed by atoms with Gasteiger partial charge in [-0.05, 0) is 24.6 Å². The van der Waals surface area contributed by atoms with E-state index in [1.54, 1.807) is 7.05 Å². The maximum atomic E-state index is 11.3. The maximum Gasteiger partial charge on any atom is 0.236 e. The molecule has 0 aromatic heterocycles. The molecule has 5 heteroatoms. The van der Waals surface area contributed by atoms with Crippen LogP contribution in [0.3, 0.4) is 0 Å². The van der Waals surface area contributed by atoms with Crippen molar-refractivity contribution in [3.63, 3.8) is 0 Å². The first kappa shape index (κ1) is 13.5. The maximum absolute atomic E-state index is 11.3. The van der Waals surface area contributed by atoms with Crippen molar-refractivity contribution >= 4 is 33.4 Å². The van der Waals surface area contributed by atoms with E-state index in [4.69, 9.17) is 11.6 Å². The standard InChI is InChI=1S/C11H14BrClN2O/c1-7(11(16)14-2)15-6-8-3-4-9(12)5-10(8)13/h3-5,7,15H,6H2,1-2H3,(H,14,16). The van der Waals surface area contributed by atoms with Crippen LogP contribution in [0.15, 0.2) is 22.7 Å². The van der Waals surface area contributed by atoms with Crippen LogP contribution < -0.4 is 10.6 Å². The largest absolute Gasteiger partial charge is 0.358 e. The molecule has 0 fully saturated rings. The van der Waals surface area contributed by atoms with E-state index in [0.717, 1.165) is 10.0 Å². The van der Waals surface area contributed by atoms with Gasteiger partial charge in [-0.1, -0.05) is 33.6 Å². The Balaban J connectivity index is 2.58. The lowest BCUT2D eigenvalue weighted by Gasteiger charge is -2.13. The van der Waals surface area contributed by atoms with Gasteiger partial charge in [0.2, 0.25) is 5.91 Å². The van der Waals surface area contributed by atoms with Crippen LogP contribution in [0, 0.1) is 0 Å². The molecule has 1 unspecified atom stereocenters. The Morgan fingerprint density at radius 3 is 2.81 bits per heavy atom. The third kappa shape index (κ3) is 3.77. The van der Waals surface area contributed by atoms with Gasteiger partial charge in [0, 0.05) is 23.1 Å². The summed E-state index contributed by atoms with van der Waals surface area (Å²) in [6.07, 6.45) is 0. The zero-order valence-electron chi connectivity index (χ0n) is 9.18. The summed E-state index contributed by atoms with van der Waals surface area (Å²) in [7, 11) is 1.62. The number of hydrogen-bond donors (Lipinski definition) is 2. The van der Waals surface area contributed by atoms with E-state index in [1.165, 1.54) is 0 Å². The van der Waals surface area contributed by atoms with Gasteiger partial charge in [-0.15, -0.1) is 0 Å². The average molecular weight is 306 g/mol. The Labute approximate surface area is 109 Å². The molecule has 1 aromatic rings. The molecule has 1 amide bonds. The van der Waals surface area contributed by atoms with Crippen molar-refractivity contribution in [1.29, 1.82) is 0 Å². The molecule has 0 saturated carbocycles. The van der Waals surface area contributed by atoms with Crippen LogP contribution in [0.1, 0.15) is 12.5 Å². The summed E-state index contributed by atoms with van der Waals surface area (Å²) in [5.74, 6) is -0.0340. The van der Waals surface area contributed by atoms with Gasteiger partial charge in [-0.3, -0.25) is 4.79 Å². The molecule has 2 N–H and O–H groups in total. The fraction of sp³-hybridized carbons (Fsp3) is 0.364. The summed E-state index contributed by atoms with van der Waals surface area (Å²) in [4.78, 5) is 11.3. The van der Waals surface area contributed by atoms with Gasteiger partial charge in [0.1, 0.15) is 0 Å². The predicted molar refractivity (Wildman–Crippen MR) is 69.5 cm³/mol. The molecule has 16 heavy (non-hydrogen) atoms. The molecular formula is C11H14BrClN2O. The molecular weight excluding hydrogens is 291 g/mol. The van der Waals surface area contributed by atoms with Crippen molar-refractivity contribution in [3.05, 3.63) is 33.3 Å². The van der Waals surface area contributed by atoms with Crippen LogP contribution in [0.4, 0.5) is 0 Å². The third-order valence-corrected chi connectivity index (χ3v) is 3.10. The summed E-state index contributed by atoms with van der Waals surface area (Å²) in [6.45, 7) is 2.38. The highest BCUT2D eigenvalue weighted by atomic mass is 79.9. The molecule has 0 aliphatic heterocycles. The Kier molecular flexibility index (Phi) is 5.25. The summed E-state index contributed by atoms with van der Waals surface area (Å²) < 4.78 is 0.945. The number of benzene rings is 1. The predicted octanol–water partition coefficient (Wildman–Crippen LogP) is 2.33. The van der Waals surface area contributed by atoms with Crippen molar-refractivity contribution < 1.29 is 4.79 Å². The van der Waals surface area contributed by atoms with E-state index in [9.17, 15) is 4.79 Å². The number of hydrogen-bond acceptors (Lipinski definition) is 2. The van der Waals surface area contributed by atoms with Gasteiger partial charge >= 0.3 is 0 Å². The van der Waals surface area contributed by atoms with Gasteiger partial charge in [0.25, 0.3) is 0 Å². The Morgan fingerprint density at radius 1 is 1.56 bits per heavy atom. The zero-order valence-corrected chi connectivity index (χ0v) is 11.5. The van der Waals surface area contributed by atoms with Crippen molar-refractivity contribution in [3.8, 4) is 0 Å². The van der Waals surface area contributed by atoms with Crippen LogP contribution in [-0.2, 0) is 11.3 Å². The topological polar surface area (TPSA) is 41.1 Å². The highest BCUT2D eigenvalue weighted by molar-refractivity contribution is 9.10. The van der Waals surface area contributed by atoms with Crippen molar-refractivity contribution in [1.82, 2.24) is 10.6 Å². The lowest BCUT2D eigenvalue weighted by Crippen LogP contribution is -2.40. The van der Waals surface area contributed by atoms with Gasteiger partial charge in [-0.25, -0.2) is 0 Å². The molecule has 3 nitrogen and oxygen atoms in total. The molecule has 0 spiro atoms. The summed E-state index contributed by atoms with van der Waals surface area (Å²) in [6, 6.07) is 5.46. The third-order valence-electron chi connectivity index (χ3n) is 2.25. The minimum Gasteiger partial charge on any atom is -0.358 e. The molecule has 1 rings (SSSR count). The van der Waals surface area contributed by atoms with Crippen molar-refractivity contribution in [2.24, 2.45) is 0 Å². The molecule has 1 atom stereocenters. The second-order valence-corrected chi connectivity index (χ2v) is 4.78. The summed E-state index contributed by atoms with van der Waals surface area (Å²) in [5.41, 5.74) is 0.973. The number of nitrogens with one attached hydrogen (secondary N) is 2. The number of amides is 1. The normalized spacial score (nSPS) is 12.2. The Hall–Kier alpha value is -0.580. The van der Waals surface area contributed by atoms with Crippen LogP contribution in [0.25, 0.3) is 0 Å². The number of carbonyl (C=O) groups excluding carboxylic acids is 1. The Morgan fingerprint density at radius 2 is 2.25 bits per heavy atom. The van der Waals surface area contributed by atoms with E-state index in [-0.39, 0.29) is 11.9 Å². The number of likely N-dealkylation sites (N-methyl/N-ethyl adjacent to an activating group) is 1. The van der Waals surface area contributed by atoms with Gasteiger partial charge in [0.15, 0.2) is 0 Å². The second kappa shape index (κ2) is 6.23. The highest BCUT2D eigenvalue weighted by Gasteiger charge is 2.10. The highest BCUT2D eigenvalue weighted by Crippen LogP contribution is 2.21. The first-order valence-electron chi connectivity index (χ1n) is 4.93. The van der Waals surface area contributed by atoms with Crippen LogP contribution in [-0.4, -0.2) is 19.0 Å². The molecule has 1 aromatic carbocycles. The molecule has 0 radical (unpaired) electrons. The fourth-order valence-corrected chi connectivity index (χ4v) is 1.98. The summed E-state index contributed by atoms with van der Waals surface area (Å²) >= 11 is 9.40. The average Bonchev–Trinajstić information content (AvgIpc) is 2.26. The number of rotatable bonds is 4. The number of carbonyl (C=O) groups is 1. The first-order chi connectivity index (χ1) is 7.54. The fourth-order valence-electron chi connectivity index (χ4n) is 1.24. The van der Waals surface area contributed by atoms with E-state index in [0.29, 0.717) is 11.6 Å². The van der Waals surface area contributed by atoms with Crippen LogP contribution >= 0.6 is 27.5 Å². The molecule has 0 saturated heterocycles. The summed E-state index contributed by atoms with van der Waals surface area (Å²) in [5, 5.41) is 6.37. The van der Waals surface area contributed by atoms with E-state index < -0.39 is 0 Å². The van der Waals surface area contributed by atoms with Crippen molar-refractivity contribution in [2.45, 2.75) is 19.5 Å². The lowest BCUT2D eigenvalue weighted by molar-refractivity contribution is -0.122. The van der Waals surface area contributed by atoms with E-state index >= 15 is 0 Å². The molecule has 0 aliphatic carbocycles. The molecule has 0 heterocycles. The van der Waals surface area contributed by atoms with Gasteiger partial charge < -0.3 is 10.6 Å². The quantitative estimate of drug-likeness (QED) is 0.896. The monoisotopic (exact) mass is 304 g/mol. The minimum atomic E-state index is -0.232. The smallest absolute Gasteiger partial charge is 0.236 e. The zero-order chi connectivity index (χ0) is 12.1. The number of halogens is 2. The van der Waals surface area contributed by atoms with E-state index in [2.05, 4.69) is 26.6 Å².